The van der Waals surface area contributed by atoms with Gasteiger partial charge in [0, 0.05) is 51.8 Å². The first-order chi connectivity index (χ1) is 19.6. The van der Waals surface area contributed by atoms with Gasteiger partial charge < -0.3 is 18.9 Å². The van der Waals surface area contributed by atoms with E-state index < -0.39 is 0 Å². The van der Waals surface area contributed by atoms with Crippen LogP contribution in [0.3, 0.4) is 0 Å². The van der Waals surface area contributed by atoms with Crippen molar-refractivity contribution in [1.29, 1.82) is 0 Å². The molecule has 0 saturated heterocycles. The number of fused-ring (bicyclic) bond motifs is 2. The Bertz CT molecular complexity index is 1130. The van der Waals surface area contributed by atoms with Crippen LogP contribution in [0.15, 0.2) is 48.5 Å². The molecule has 0 fully saturated rings. The number of para-hydroxylation sites is 2. The number of ether oxygens (including phenoxy) is 4. The van der Waals surface area contributed by atoms with Gasteiger partial charge in [0.25, 0.3) is 0 Å². The van der Waals surface area contributed by atoms with Crippen molar-refractivity contribution < 1.29 is 18.9 Å². The molecule has 0 aliphatic heterocycles. The number of hydrogen-bond donors (Lipinski definition) is 0. The largest absolute Gasteiger partial charge is 0.360 e. The first-order valence-electron chi connectivity index (χ1n) is 12.5. The zero-order valence-corrected chi connectivity index (χ0v) is 29.6. The highest BCUT2D eigenvalue weighted by Gasteiger charge is 2.22. The summed E-state index contributed by atoms with van der Waals surface area (Å²) in [7, 11) is 15.5. The van der Waals surface area contributed by atoms with E-state index in [1.54, 1.807) is 51.1 Å². The SMILES string of the molecule is COC(OC)[Si]CC(CSSSSCC(C[Si]C(OC)OC)c1nc2ccccc2s1)c1nc2ccccc2s1. The molecule has 2 aromatic heterocycles. The zero-order valence-electron chi connectivity index (χ0n) is 22.7. The second-order valence-corrected chi connectivity index (χ2v) is 19.4. The third-order valence-electron chi connectivity index (χ3n) is 5.90. The van der Waals surface area contributed by atoms with Crippen LogP contribution in [-0.4, -0.2) is 80.8 Å². The minimum absolute atomic E-state index is 0.157. The highest BCUT2D eigenvalue weighted by atomic mass is 33.7. The molecule has 0 N–H and O–H groups in total. The number of aromatic nitrogens is 2. The summed E-state index contributed by atoms with van der Waals surface area (Å²) in [5.74, 6) is 2.41. The number of benzene rings is 2. The second kappa shape index (κ2) is 17.9. The Hall–Kier alpha value is -0.106. The van der Waals surface area contributed by atoms with Gasteiger partial charge in [-0.1, -0.05) is 45.9 Å². The van der Waals surface area contributed by atoms with Gasteiger partial charge in [0.05, 0.1) is 30.4 Å². The van der Waals surface area contributed by atoms with E-state index in [0.29, 0.717) is 30.9 Å². The Morgan fingerprint density at radius 2 is 1.05 bits per heavy atom. The zero-order chi connectivity index (χ0) is 28.2. The van der Waals surface area contributed by atoms with E-state index in [1.807, 2.05) is 41.2 Å². The van der Waals surface area contributed by atoms with E-state index in [-0.39, 0.29) is 11.8 Å². The van der Waals surface area contributed by atoms with Gasteiger partial charge in [-0.05, 0) is 56.0 Å². The molecule has 14 heteroatoms. The van der Waals surface area contributed by atoms with Gasteiger partial charge in [0.15, 0.2) is 0 Å². The van der Waals surface area contributed by atoms with Crippen molar-refractivity contribution in [2.24, 2.45) is 0 Å². The fourth-order valence-corrected chi connectivity index (χ4v) is 15.6. The van der Waals surface area contributed by atoms with E-state index in [0.717, 1.165) is 34.6 Å². The Balaban J connectivity index is 1.31. The van der Waals surface area contributed by atoms with Gasteiger partial charge in [0.2, 0.25) is 0 Å². The average molecular weight is 685 g/mol. The molecule has 6 nitrogen and oxygen atoms in total. The van der Waals surface area contributed by atoms with E-state index in [2.05, 4.69) is 48.5 Å². The summed E-state index contributed by atoms with van der Waals surface area (Å²) in [5, 5.41) is 2.40. The molecule has 2 unspecified atom stereocenters. The molecule has 0 spiro atoms. The number of rotatable bonds is 19. The fraction of sp³-hybridized carbons (Fsp3) is 0.462. The molecule has 0 aliphatic carbocycles. The second-order valence-electron chi connectivity index (χ2n) is 8.56. The van der Waals surface area contributed by atoms with Crippen LogP contribution >= 0.6 is 63.9 Å². The van der Waals surface area contributed by atoms with E-state index >= 15 is 0 Å². The van der Waals surface area contributed by atoms with Gasteiger partial charge in [-0.3, -0.25) is 0 Å². The summed E-state index contributed by atoms with van der Waals surface area (Å²) in [6, 6.07) is 18.8. The van der Waals surface area contributed by atoms with Crippen molar-refractivity contribution in [3.63, 3.8) is 0 Å². The topological polar surface area (TPSA) is 62.7 Å². The predicted octanol–water partition coefficient (Wildman–Crippen LogP) is 7.85. The molecule has 0 aliphatic rings. The lowest BCUT2D eigenvalue weighted by Crippen LogP contribution is -2.23. The van der Waals surface area contributed by atoms with Gasteiger partial charge in [-0.25, -0.2) is 9.97 Å². The molecule has 214 valence electrons. The lowest BCUT2D eigenvalue weighted by atomic mass is 10.2. The molecule has 4 radical (unpaired) electrons. The summed E-state index contributed by atoms with van der Waals surface area (Å²) in [5.41, 5.74) is 2.17. The van der Waals surface area contributed by atoms with Crippen LogP contribution in [0.4, 0.5) is 0 Å². The first-order valence-corrected chi connectivity index (χ1v) is 21.9. The van der Waals surface area contributed by atoms with Crippen LogP contribution in [0.1, 0.15) is 21.9 Å². The fourth-order valence-electron chi connectivity index (χ4n) is 3.83. The van der Waals surface area contributed by atoms with Crippen LogP contribution in [0, 0.1) is 0 Å². The van der Waals surface area contributed by atoms with Crippen molar-refractivity contribution in [1.82, 2.24) is 9.97 Å². The summed E-state index contributed by atoms with van der Waals surface area (Å²) in [4.78, 5) is 9.92. The molecule has 2 aromatic carbocycles. The average Bonchev–Trinajstić information content (AvgIpc) is 3.62. The molecule has 2 heterocycles. The number of thiazole rings is 2. The molecule has 0 amide bonds. The molecular weight excluding hydrogens is 653 g/mol. The predicted molar refractivity (Wildman–Crippen MR) is 182 cm³/mol. The minimum Gasteiger partial charge on any atom is -0.360 e. The molecule has 40 heavy (non-hydrogen) atoms. The number of nitrogens with zero attached hydrogens (tertiary/aromatic N) is 2. The Morgan fingerprint density at radius 1 is 0.650 bits per heavy atom. The Morgan fingerprint density at radius 3 is 1.43 bits per heavy atom. The molecule has 4 aromatic rings. The van der Waals surface area contributed by atoms with Crippen molar-refractivity contribution >= 4 is 103 Å². The Labute approximate surface area is 264 Å². The van der Waals surface area contributed by atoms with Crippen LogP contribution in [-0.2, 0) is 18.9 Å². The van der Waals surface area contributed by atoms with Gasteiger partial charge in [0.1, 0.15) is 30.9 Å². The standard InChI is InChI=1S/C26H32N2O4S6Si2/c1-29-25(30-2)39-15-17(23-27-19-9-5-7-11-21(19)35-23)13-33-37-38-34-14-18(16-40-26(31-3)32-4)24-28-20-10-6-8-12-22(20)36-24/h5-12,17-18,25-26H,13-16H2,1-4H3. The maximum absolute atomic E-state index is 5.46. The summed E-state index contributed by atoms with van der Waals surface area (Å²) < 4.78 is 24.3. The van der Waals surface area contributed by atoms with E-state index in [1.165, 1.54) is 19.4 Å². The third-order valence-corrected chi connectivity index (χ3v) is 18.0. The van der Waals surface area contributed by atoms with E-state index in [9.17, 15) is 0 Å². The molecule has 0 saturated carbocycles. The monoisotopic (exact) mass is 684 g/mol. The van der Waals surface area contributed by atoms with Crippen molar-refractivity contribution in [2.75, 3.05) is 39.9 Å². The van der Waals surface area contributed by atoms with Gasteiger partial charge >= 0.3 is 0 Å². The van der Waals surface area contributed by atoms with Crippen LogP contribution in [0.25, 0.3) is 20.4 Å². The van der Waals surface area contributed by atoms with E-state index in [4.69, 9.17) is 28.9 Å². The smallest absolute Gasteiger partial charge is 0.136 e. The summed E-state index contributed by atoms with van der Waals surface area (Å²) in [6.45, 7) is 0. The van der Waals surface area contributed by atoms with Gasteiger partial charge in [-0.2, -0.15) is 0 Å². The Kier molecular flexibility index (Phi) is 14.7. The van der Waals surface area contributed by atoms with Crippen molar-refractivity contribution in [2.45, 2.75) is 35.8 Å². The highest BCUT2D eigenvalue weighted by Crippen LogP contribution is 2.47. The first kappa shape index (κ1) is 32.8. The number of hydrogen-bond acceptors (Lipinski definition) is 12. The maximum atomic E-state index is 5.46. The third kappa shape index (κ3) is 9.71. The molecular formula is C26H32N2O4S6Si2. The minimum atomic E-state index is -0.157. The van der Waals surface area contributed by atoms with Crippen LogP contribution < -0.4 is 0 Å². The van der Waals surface area contributed by atoms with Crippen LogP contribution in [0.5, 0.6) is 0 Å². The highest BCUT2D eigenvalue weighted by molar-refractivity contribution is 9.26. The lowest BCUT2D eigenvalue weighted by molar-refractivity contribution is -0.0443. The summed E-state index contributed by atoms with van der Waals surface area (Å²) >= 11 is 3.61. The van der Waals surface area contributed by atoms with Gasteiger partial charge in [-0.15, -0.1) is 22.7 Å². The molecule has 4 rings (SSSR count). The lowest BCUT2D eigenvalue weighted by Gasteiger charge is -2.18. The molecule has 2 atom stereocenters. The van der Waals surface area contributed by atoms with Crippen molar-refractivity contribution in [3.05, 3.63) is 58.5 Å². The summed E-state index contributed by atoms with van der Waals surface area (Å²) in [6.07, 6.45) is 0. The molecule has 0 bridgehead atoms. The normalized spacial score (nSPS) is 13.7. The quantitative estimate of drug-likeness (QED) is 0.0422. The number of methoxy groups -OCH3 is 4. The maximum Gasteiger partial charge on any atom is 0.136 e. The van der Waals surface area contributed by atoms with Crippen molar-refractivity contribution in [3.8, 4) is 0 Å². The van der Waals surface area contributed by atoms with Crippen LogP contribution in [0.2, 0.25) is 12.1 Å².